The third kappa shape index (κ3) is 6.78. The summed E-state index contributed by atoms with van der Waals surface area (Å²) in [5.41, 5.74) is -0.189. The van der Waals surface area contributed by atoms with Crippen molar-refractivity contribution < 1.29 is 37.4 Å². The molecule has 0 atom stereocenters. The van der Waals surface area contributed by atoms with Crippen LogP contribution in [-0.2, 0) is 14.8 Å². The van der Waals surface area contributed by atoms with E-state index in [1.165, 1.54) is 31.4 Å². The van der Waals surface area contributed by atoms with Gasteiger partial charge >= 0.3 is 5.97 Å². The normalized spacial score (nSPS) is 13.9. The summed E-state index contributed by atoms with van der Waals surface area (Å²) in [7, 11) is -3.08. The van der Waals surface area contributed by atoms with Crippen molar-refractivity contribution in [3.8, 4) is 5.75 Å². The smallest absolute Gasteiger partial charge is 0.322 e. The van der Waals surface area contributed by atoms with E-state index in [-0.39, 0.29) is 33.9 Å². The van der Waals surface area contributed by atoms with E-state index in [1.54, 1.807) is 0 Å². The Hall–Kier alpha value is -4.00. The van der Waals surface area contributed by atoms with E-state index < -0.39 is 34.4 Å². The molecule has 4 N–H and O–H groups in total. The van der Waals surface area contributed by atoms with Gasteiger partial charge in [0.25, 0.3) is 27.7 Å². The molecule has 1 aliphatic carbocycles. The molecule has 36 heavy (non-hydrogen) atoms. The number of hydrogen-bond acceptors (Lipinski definition) is 8. The molecule has 3 amide bonds. The lowest BCUT2D eigenvalue weighted by Crippen LogP contribution is -2.36. The summed E-state index contributed by atoms with van der Waals surface area (Å²) in [4.78, 5) is 51.3. The van der Waals surface area contributed by atoms with Crippen molar-refractivity contribution in [1.82, 2.24) is 20.3 Å². The van der Waals surface area contributed by atoms with Gasteiger partial charge < -0.3 is 20.5 Å². The fraction of sp³-hybridized carbons (Fsp3) is 0.348. The van der Waals surface area contributed by atoms with Crippen LogP contribution in [0.2, 0.25) is 0 Å². The van der Waals surface area contributed by atoms with Crippen LogP contribution in [-0.4, -0.2) is 61.9 Å². The highest BCUT2D eigenvalue weighted by atomic mass is 32.2. The van der Waals surface area contributed by atoms with Crippen molar-refractivity contribution in [3.63, 3.8) is 0 Å². The number of aliphatic carboxylic acids is 1. The molecule has 0 unspecified atom stereocenters. The fourth-order valence-corrected chi connectivity index (χ4v) is 4.65. The molecule has 0 radical (unpaired) electrons. The highest BCUT2D eigenvalue weighted by molar-refractivity contribution is 7.90. The molecule has 1 aliphatic rings. The van der Waals surface area contributed by atoms with Crippen molar-refractivity contribution in [2.45, 2.75) is 43.0 Å². The fourth-order valence-electron chi connectivity index (χ4n) is 3.68. The number of rotatable bonds is 9. The van der Waals surface area contributed by atoms with Crippen LogP contribution in [0, 0.1) is 0 Å². The molecule has 1 aromatic heterocycles. The Kier molecular flexibility index (Phi) is 8.59. The second kappa shape index (κ2) is 11.6. The highest BCUT2D eigenvalue weighted by Crippen LogP contribution is 2.20. The van der Waals surface area contributed by atoms with Crippen LogP contribution in [0.5, 0.6) is 5.75 Å². The Balaban J connectivity index is 1.68. The summed E-state index contributed by atoms with van der Waals surface area (Å²) < 4.78 is 32.3. The molecule has 13 heteroatoms. The lowest BCUT2D eigenvalue weighted by Gasteiger charge is -2.22. The van der Waals surface area contributed by atoms with Crippen molar-refractivity contribution in [2.24, 2.45) is 0 Å². The highest BCUT2D eigenvalue weighted by Gasteiger charge is 2.23. The number of ether oxygens (including phenoxy) is 1. The minimum absolute atomic E-state index is 0.106. The van der Waals surface area contributed by atoms with Gasteiger partial charge in [0.05, 0.1) is 17.6 Å². The zero-order valence-corrected chi connectivity index (χ0v) is 20.3. The first kappa shape index (κ1) is 26.6. The SMILES string of the molecule is COc1cc(C(=O)NS(=O)(=O)c2ccc(C(=O)NC3CCCCC3)cc2)cnc1C(=O)NCC(=O)O. The van der Waals surface area contributed by atoms with Crippen LogP contribution in [0.3, 0.4) is 0 Å². The number of aromatic nitrogens is 1. The summed E-state index contributed by atoms with van der Waals surface area (Å²) in [5.74, 6) is -3.59. The van der Waals surface area contributed by atoms with Gasteiger partial charge in [-0.2, -0.15) is 0 Å². The van der Waals surface area contributed by atoms with Crippen molar-refractivity contribution in [2.75, 3.05) is 13.7 Å². The monoisotopic (exact) mass is 518 g/mol. The number of nitrogens with zero attached hydrogens (tertiary/aromatic N) is 1. The van der Waals surface area contributed by atoms with Crippen LogP contribution in [0.1, 0.15) is 63.3 Å². The molecule has 0 saturated heterocycles. The minimum Gasteiger partial charge on any atom is -0.494 e. The molecule has 1 fully saturated rings. The zero-order chi connectivity index (χ0) is 26.3. The van der Waals surface area contributed by atoms with Gasteiger partial charge in [0.15, 0.2) is 11.4 Å². The van der Waals surface area contributed by atoms with Gasteiger partial charge in [-0.25, -0.2) is 18.1 Å². The number of nitrogens with one attached hydrogen (secondary N) is 3. The maximum absolute atomic E-state index is 12.7. The van der Waals surface area contributed by atoms with Gasteiger partial charge in [-0.3, -0.25) is 19.2 Å². The summed E-state index contributed by atoms with van der Waals surface area (Å²) in [6.45, 7) is -0.648. The quantitative estimate of drug-likeness (QED) is 0.378. The van der Waals surface area contributed by atoms with Crippen LogP contribution in [0.4, 0.5) is 0 Å². The number of hydrogen-bond donors (Lipinski definition) is 4. The number of carbonyl (C=O) groups excluding carboxylic acids is 3. The van der Waals surface area contributed by atoms with Gasteiger partial charge in [0, 0.05) is 17.8 Å². The number of methoxy groups -OCH3 is 1. The Morgan fingerprint density at radius 1 is 1.00 bits per heavy atom. The summed E-state index contributed by atoms with van der Waals surface area (Å²) in [5, 5.41) is 13.7. The molecule has 12 nitrogen and oxygen atoms in total. The van der Waals surface area contributed by atoms with Crippen molar-refractivity contribution in [3.05, 3.63) is 53.3 Å². The van der Waals surface area contributed by atoms with Gasteiger partial charge in [0.1, 0.15) is 6.54 Å². The van der Waals surface area contributed by atoms with E-state index in [0.717, 1.165) is 44.4 Å². The molecule has 2 aromatic rings. The van der Waals surface area contributed by atoms with Gasteiger partial charge in [0.2, 0.25) is 0 Å². The van der Waals surface area contributed by atoms with E-state index >= 15 is 0 Å². The van der Waals surface area contributed by atoms with Crippen LogP contribution >= 0.6 is 0 Å². The number of sulfonamides is 1. The molecular weight excluding hydrogens is 492 g/mol. The average molecular weight is 519 g/mol. The topological polar surface area (TPSA) is 181 Å². The Labute approximate surface area is 207 Å². The van der Waals surface area contributed by atoms with E-state index in [1.807, 2.05) is 4.72 Å². The molecular formula is C23H26N4O8S. The van der Waals surface area contributed by atoms with Crippen LogP contribution in [0.25, 0.3) is 0 Å². The van der Waals surface area contributed by atoms with E-state index in [4.69, 9.17) is 9.84 Å². The lowest BCUT2D eigenvalue weighted by molar-refractivity contribution is -0.135. The first-order valence-corrected chi connectivity index (χ1v) is 12.6. The predicted molar refractivity (Wildman–Crippen MR) is 126 cm³/mol. The molecule has 3 rings (SSSR count). The third-order valence-electron chi connectivity index (χ3n) is 5.54. The third-order valence-corrected chi connectivity index (χ3v) is 6.89. The second-order valence-electron chi connectivity index (χ2n) is 8.12. The van der Waals surface area contributed by atoms with Crippen molar-refractivity contribution >= 4 is 33.7 Å². The maximum atomic E-state index is 12.7. The lowest BCUT2D eigenvalue weighted by atomic mass is 9.95. The molecule has 0 spiro atoms. The van der Waals surface area contributed by atoms with Crippen molar-refractivity contribution in [1.29, 1.82) is 0 Å². The summed E-state index contributed by atoms with van der Waals surface area (Å²) in [6.07, 6.45) is 6.06. The number of carboxylic acid groups (broad SMARTS) is 1. The number of amides is 3. The Morgan fingerprint density at radius 3 is 2.28 bits per heavy atom. The molecule has 192 valence electrons. The second-order valence-corrected chi connectivity index (χ2v) is 9.80. The molecule has 0 bridgehead atoms. The van der Waals surface area contributed by atoms with E-state index in [0.29, 0.717) is 5.56 Å². The summed E-state index contributed by atoms with van der Waals surface area (Å²) >= 11 is 0. The standard InChI is InChI=1S/C23H26N4O8S/c1-35-18-11-15(12-24-20(18)23(32)25-13-19(28)29)22(31)27-36(33,34)17-9-7-14(8-10-17)21(30)26-16-5-3-2-4-6-16/h7-12,16H,2-6,13H2,1H3,(H,25,32)(H,26,30)(H,27,31)(H,28,29). The van der Waals surface area contributed by atoms with E-state index in [9.17, 15) is 27.6 Å². The number of pyridine rings is 1. The van der Waals surface area contributed by atoms with Crippen LogP contribution in [0.15, 0.2) is 41.4 Å². The minimum atomic E-state index is -4.29. The number of benzene rings is 1. The maximum Gasteiger partial charge on any atom is 0.322 e. The van der Waals surface area contributed by atoms with E-state index in [2.05, 4.69) is 15.6 Å². The average Bonchev–Trinajstić information content (AvgIpc) is 2.87. The largest absolute Gasteiger partial charge is 0.494 e. The van der Waals surface area contributed by atoms with Gasteiger partial charge in [-0.05, 0) is 43.2 Å². The van der Waals surface area contributed by atoms with Crippen LogP contribution < -0.4 is 20.1 Å². The molecule has 1 aromatic carbocycles. The molecule has 1 heterocycles. The Morgan fingerprint density at radius 2 is 1.67 bits per heavy atom. The Bertz CT molecular complexity index is 1260. The first-order valence-electron chi connectivity index (χ1n) is 11.1. The van der Waals surface area contributed by atoms with Gasteiger partial charge in [-0.15, -0.1) is 0 Å². The predicted octanol–water partition coefficient (Wildman–Crippen LogP) is 1.09. The van der Waals surface area contributed by atoms with Gasteiger partial charge in [-0.1, -0.05) is 19.3 Å². The number of carbonyl (C=O) groups is 4. The number of carboxylic acids is 1. The molecule has 0 aliphatic heterocycles. The molecule has 1 saturated carbocycles. The summed E-state index contributed by atoms with van der Waals surface area (Å²) in [6, 6.07) is 6.39. The zero-order valence-electron chi connectivity index (χ0n) is 19.4. The first-order chi connectivity index (χ1) is 17.1.